The maximum absolute atomic E-state index is 9.12. The van der Waals surface area contributed by atoms with Crippen molar-refractivity contribution in [2.24, 2.45) is 0 Å². The molecule has 0 unspecified atom stereocenters. The van der Waals surface area contributed by atoms with Gasteiger partial charge in [-0.2, -0.15) is 0 Å². The van der Waals surface area contributed by atoms with Crippen LogP contribution in [0, 0.1) is 0 Å². The third-order valence-electron chi connectivity index (χ3n) is 0.271. The number of carboxylic acids is 2. The largest absolute Gasteiger partial charge is 0.480 e. The van der Waals surface area contributed by atoms with Crippen LogP contribution in [0.3, 0.4) is 0 Å². The normalized spacial score (nSPS) is 6.73. The molecule has 0 saturated carbocycles. The smallest absolute Gasteiger partial charge is 0.329 e. The SMILES string of the molecule is O=C(O)CO.O=C(O)CO.[Co]. The van der Waals surface area contributed by atoms with E-state index in [4.69, 9.17) is 30.0 Å². The molecule has 0 saturated heterocycles. The van der Waals surface area contributed by atoms with Crippen LogP contribution in [0.2, 0.25) is 0 Å². The van der Waals surface area contributed by atoms with Crippen LogP contribution < -0.4 is 0 Å². The first kappa shape index (κ1) is 16.8. The van der Waals surface area contributed by atoms with E-state index < -0.39 is 25.2 Å². The predicted octanol–water partition coefficient (Wildman–Crippen LogP) is -1.88. The van der Waals surface area contributed by atoms with Crippen molar-refractivity contribution >= 4 is 11.9 Å². The van der Waals surface area contributed by atoms with Crippen molar-refractivity contribution in [1.82, 2.24) is 0 Å². The Kier molecular flexibility index (Phi) is 18.4. The molecule has 0 aromatic carbocycles. The number of rotatable bonds is 2. The Hall–Kier alpha value is -0.634. The summed E-state index contributed by atoms with van der Waals surface area (Å²) in [7, 11) is 0. The van der Waals surface area contributed by atoms with Crippen LogP contribution in [0.4, 0.5) is 0 Å². The van der Waals surface area contributed by atoms with Crippen LogP contribution in [0.1, 0.15) is 0 Å². The average molecular weight is 211 g/mol. The van der Waals surface area contributed by atoms with Crippen LogP contribution in [-0.4, -0.2) is 45.6 Å². The van der Waals surface area contributed by atoms with Crippen LogP contribution in [0.15, 0.2) is 0 Å². The number of carboxylic acid groups (broad SMARTS) is 2. The molecule has 7 heteroatoms. The second-order valence-electron chi connectivity index (χ2n) is 1.10. The molecular weight excluding hydrogens is 203 g/mol. The maximum atomic E-state index is 9.12. The molecule has 69 valence electrons. The van der Waals surface area contributed by atoms with Crippen molar-refractivity contribution in [1.29, 1.82) is 0 Å². The molecule has 0 rings (SSSR count). The standard InChI is InChI=1S/2C2H4O3.Co/c2*3-1-2(4)5;/h2*3H,1H2,(H,4,5);. The number of aliphatic hydroxyl groups excluding tert-OH is 2. The molecule has 0 fully saturated rings. The minimum absolute atomic E-state index is 0. The Morgan fingerprint density at radius 2 is 1.00 bits per heavy atom. The first-order valence-electron chi connectivity index (χ1n) is 2.20. The van der Waals surface area contributed by atoms with E-state index in [0.29, 0.717) is 0 Å². The van der Waals surface area contributed by atoms with Gasteiger partial charge in [-0.1, -0.05) is 0 Å². The molecule has 0 atom stereocenters. The first-order valence-corrected chi connectivity index (χ1v) is 2.20. The molecule has 0 aromatic rings. The van der Waals surface area contributed by atoms with Crippen LogP contribution in [0.25, 0.3) is 0 Å². The molecule has 4 N–H and O–H groups in total. The third kappa shape index (κ3) is 44.8. The van der Waals surface area contributed by atoms with Gasteiger partial charge in [0.25, 0.3) is 0 Å². The number of hydrogen-bond donors (Lipinski definition) is 4. The maximum Gasteiger partial charge on any atom is 0.329 e. The summed E-state index contributed by atoms with van der Waals surface area (Å²) in [5, 5.41) is 30.0. The molecule has 0 aromatic heterocycles. The van der Waals surface area contributed by atoms with Crippen LogP contribution in [0.5, 0.6) is 0 Å². The summed E-state index contributed by atoms with van der Waals surface area (Å²) in [4.78, 5) is 18.2. The third-order valence-corrected chi connectivity index (χ3v) is 0.271. The minimum Gasteiger partial charge on any atom is -0.480 e. The van der Waals surface area contributed by atoms with Gasteiger partial charge in [0.05, 0.1) is 0 Å². The molecule has 0 aliphatic carbocycles. The van der Waals surface area contributed by atoms with Gasteiger partial charge in [0.15, 0.2) is 0 Å². The quantitative estimate of drug-likeness (QED) is 0.425. The predicted molar refractivity (Wildman–Crippen MR) is 29.4 cm³/mol. The topological polar surface area (TPSA) is 115 Å². The fourth-order valence-electron chi connectivity index (χ4n) is 0. The van der Waals surface area contributed by atoms with Crippen molar-refractivity contribution in [3.05, 3.63) is 0 Å². The van der Waals surface area contributed by atoms with E-state index in [-0.39, 0.29) is 16.8 Å². The molecule has 6 nitrogen and oxygen atoms in total. The van der Waals surface area contributed by atoms with Crippen LogP contribution in [-0.2, 0) is 26.4 Å². The van der Waals surface area contributed by atoms with Gasteiger partial charge in [-0.05, 0) is 0 Å². The van der Waals surface area contributed by atoms with Gasteiger partial charge in [-0.3, -0.25) is 0 Å². The van der Waals surface area contributed by atoms with Crippen molar-refractivity contribution in [3.8, 4) is 0 Å². The summed E-state index contributed by atoms with van der Waals surface area (Å²) in [5.41, 5.74) is 0. The Morgan fingerprint density at radius 3 is 1.00 bits per heavy atom. The average Bonchev–Trinajstić information content (AvgIpc) is 1.89. The van der Waals surface area contributed by atoms with Crippen molar-refractivity contribution < 1.29 is 46.8 Å². The minimum atomic E-state index is -1.19. The van der Waals surface area contributed by atoms with Crippen LogP contribution >= 0.6 is 0 Å². The molecular formula is C4H8CoO6. The van der Waals surface area contributed by atoms with E-state index in [1.165, 1.54) is 0 Å². The van der Waals surface area contributed by atoms with E-state index in [1.807, 2.05) is 0 Å². The molecule has 0 amide bonds. The summed E-state index contributed by atoms with van der Waals surface area (Å²) in [6.07, 6.45) is 0. The second kappa shape index (κ2) is 12.1. The Morgan fingerprint density at radius 1 is 0.909 bits per heavy atom. The number of aliphatic carboxylic acids is 2. The van der Waals surface area contributed by atoms with Crippen molar-refractivity contribution in [2.45, 2.75) is 0 Å². The van der Waals surface area contributed by atoms with Gasteiger partial charge < -0.3 is 20.4 Å². The molecule has 0 heterocycles. The number of hydrogen-bond acceptors (Lipinski definition) is 4. The van der Waals surface area contributed by atoms with Crippen molar-refractivity contribution in [2.75, 3.05) is 13.2 Å². The molecule has 0 aliphatic heterocycles. The van der Waals surface area contributed by atoms with E-state index in [0.717, 1.165) is 0 Å². The Bertz CT molecular complexity index is 99.1. The fourth-order valence-corrected chi connectivity index (χ4v) is 0. The molecule has 0 spiro atoms. The summed E-state index contributed by atoms with van der Waals surface area (Å²) >= 11 is 0. The van der Waals surface area contributed by atoms with Gasteiger partial charge in [-0.15, -0.1) is 0 Å². The zero-order valence-electron chi connectivity index (χ0n) is 5.35. The first-order chi connectivity index (χ1) is 4.54. The summed E-state index contributed by atoms with van der Waals surface area (Å²) in [6.45, 7) is -1.56. The summed E-state index contributed by atoms with van der Waals surface area (Å²) in [6, 6.07) is 0. The van der Waals surface area contributed by atoms with E-state index in [1.54, 1.807) is 0 Å². The van der Waals surface area contributed by atoms with Gasteiger partial charge in [0, 0.05) is 16.8 Å². The Balaban J connectivity index is -0.000000107. The zero-order chi connectivity index (χ0) is 8.57. The summed E-state index contributed by atoms with van der Waals surface area (Å²) < 4.78 is 0. The van der Waals surface area contributed by atoms with E-state index in [2.05, 4.69) is 0 Å². The van der Waals surface area contributed by atoms with Gasteiger partial charge in [0.1, 0.15) is 13.2 Å². The molecule has 11 heavy (non-hydrogen) atoms. The Labute approximate surface area is 72.7 Å². The fraction of sp³-hybridized carbons (Fsp3) is 0.500. The summed E-state index contributed by atoms with van der Waals surface area (Å²) in [5.74, 6) is -2.38. The number of aliphatic hydroxyl groups is 2. The van der Waals surface area contributed by atoms with Gasteiger partial charge in [-0.25, -0.2) is 9.59 Å². The van der Waals surface area contributed by atoms with E-state index >= 15 is 0 Å². The monoisotopic (exact) mass is 211 g/mol. The molecule has 0 aliphatic rings. The van der Waals surface area contributed by atoms with Crippen molar-refractivity contribution in [3.63, 3.8) is 0 Å². The molecule has 1 radical (unpaired) electrons. The number of carbonyl (C=O) groups is 2. The van der Waals surface area contributed by atoms with Gasteiger partial charge in [0.2, 0.25) is 0 Å². The zero-order valence-corrected chi connectivity index (χ0v) is 6.39. The van der Waals surface area contributed by atoms with E-state index in [9.17, 15) is 0 Å². The van der Waals surface area contributed by atoms with Gasteiger partial charge >= 0.3 is 11.9 Å². The second-order valence-corrected chi connectivity index (χ2v) is 1.10. The molecule has 0 bridgehead atoms.